The van der Waals surface area contributed by atoms with Gasteiger partial charge in [0.1, 0.15) is 47.1 Å². The van der Waals surface area contributed by atoms with Crippen molar-refractivity contribution in [1.82, 2.24) is 20.1 Å². The van der Waals surface area contributed by atoms with Crippen molar-refractivity contribution in [2.45, 2.75) is 57.4 Å². The molecule has 0 bridgehead atoms. The first-order valence-corrected chi connectivity index (χ1v) is 18.6. The van der Waals surface area contributed by atoms with Crippen LogP contribution < -0.4 is 15.8 Å². The second kappa shape index (κ2) is 16.0. The predicted molar refractivity (Wildman–Crippen MR) is 199 cm³/mol. The molecule has 0 radical (unpaired) electrons. The number of allylic oxidation sites excluding steroid dienone is 2. The maximum absolute atomic E-state index is 15.0. The normalized spacial score (nSPS) is 18.4. The molecule has 5 rings (SSSR count). The second-order valence-electron chi connectivity index (χ2n) is 13.7. The van der Waals surface area contributed by atoms with E-state index in [0.29, 0.717) is 28.1 Å². The fraction of sp³-hybridized carbons (Fsp3) is 0.351. The first kappa shape index (κ1) is 42.3. The highest BCUT2D eigenvalue weighted by Crippen LogP contribution is 2.44. The van der Waals surface area contributed by atoms with Crippen LogP contribution in [0.1, 0.15) is 50.2 Å². The Morgan fingerprint density at radius 1 is 1.18 bits per heavy atom. The van der Waals surface area contributed by atoms with Gasteiger partial charge in [-0.25, -0.2) is 13.8 Å². The molecule has 3 atom stereocenters. The van der Waals surface area contributed by atoms with Gasteiger partial charge in [0.2, 0.25) is 11.7 Å². The molecule has 1 saturated carbocycles. The lowest BCUT2D eigenvalue weighted by molar-refractivity contribution is -0.120. The molecule has 2 aromatic heterocycles. The van der Waals surface area contributed by atoms with Crippen LogP contribution in [-0.4, -0.2) is 66.5 Å². The molecule has 56 heavy (non-hydrogen) atoms. The van der Waals surface area contributed by atoms with Crippen molar-refractivity contribution in [1.29, 1.82) is 0 Å². The number of hydrogen-bond acceptors (Lipinski definition) is 8. The van der Waals surface area contributed by atoms with Gasteiger partial charge in [-0.2, -0.15) is 31.8 Å². The summed E-state index contributed by atoms with van der Waals surface area (Å²) in [6.45, 7) is 2.90. The van der Waals surface area contributed by atoms with Crippen LogP contribution in [0.2, 0.25) is 5.02 Å². The number of carbonyl (C=O) groups is 1. The summed E-state index contributed by atoms with van der Waals surface area (Å²) < 4.78 is 116. The number of alkyl halides is 5. The zero-order chi connectivity index (χ0) is 41.5. The summed E-state index contributed by atoms with van der Waals surface area (Å²) >= 11 is 5.03. The number of fused-ring (bicyclic) bond motifs is 1. The molecule has 4 aromatic rings. The maximum atomic E-state index is 15.0. The smallest absolute Gasteiger partial charge is 0.431 e. The summed E-state index contributed by atoms with van der Waals surface area (Å²) in [6, 6.07) is 7.51. The van der Waals surface area contributed by atoms with Crippen LogP contribution in [0, 0.1) is 29.4 Å². The number of nitrogens with zero attached hydrogens (tertiary/aromatic N) is 4. The molecule has 0 spiro atoms. The molecule has 2 heterocycles. The zero-order valence-electron chi connectivity index (χ0n) is 30.4. The topological polar surface area (TPSA) is 154 Å². The zero-order valence-corrected chi connectivity index (χ0v) is 32.0. The van der Waals surface area contributed by atoms with Crippen molar-refractivity contribution in [3.8, 4) is 23.0 Å². The minimum atomic E-state index is -5.15. The molecule has 1 unspecified atom stereocenters. The third kappa shape index (κ3) is 9.57. The van der Waals surface area contributed by atoms with Crippen molar-refractivity contribution >= 4 is 51.3 Å². The van der Waals surface area contributed by atoms with Gasteiger partial charge in [-0.1, -0.05) is 30.5 Å². The summed E-state index contributed by atoms with van der Waals surface area (Å²) in [5, 5.41) is 17.9. The highest BCUT2D eigenvalue weighted by atomic mass is 35.5. The molecule has 1 aliphatic carbocycles. The Kier molecular flexibility index (Phi) is 12.1. The molecular weight excluding hydrogens is 791 g/mol. The number of rotatable bonds is 9. The Morgan fingerprint density at radius 2 is 1.82 bits per heavy atom. The quantitative estimate of drug-likeness (QED) is 0.0834. The Bertz CT molecular complexity index is 2290. The number of aliphatic hydroxyl groups is 1. The highest BCUT2D eigenvalue weighted by molar-refractivity contribution is 7.92. The van der Waals surface area contributed by atoms with Gasteiger partial charge >= 0.3 is 6.18 Å². The van der Waals surface area contributed by atoms with Gasteiger partial charge in [0.15, 0.2) is 0 Å². The molecule has 5 N–H and O–H groups in total. The standard InChI is InChI=1S/C37H35ClF7N7O3S/c1-18-16-36(41,42)33(28(18)32(46)37(43,44)45)47-17-27(53)49-26(14-19-12-20(39)15-21(40)13-19)30-23(7-6-22(48-30)10-11-35(2,3)54)24-8-9-25(38)29-31(24)52(4)50-34(29)51-56(5)55/h6-9,12-13,15,18,26,54H,14,16-17,46H2,1-5H3,(H,49,53)(H,50,51)/t18-,26-,56?/m0/s1. The number of aromatic nitrogens is 3. The van der Waals surface area contributed by atoms with E-state index in [2.05, 4.69) is 37.0 Å². The minimum absolute atomic E-state index is 0.0258. The van der Waals surface area contributed by atoms with Crippen LogP contribution in [0.5, 0.6) is 0 Å². The monoisotopic (exact) mass is 825 g/mol. The predicted octanol–water partition coefficient (Wildman–Crippen LogP) is 6.69. The Labute approximate surface area is 324 Å². The van der Waals surface area contributed by atoms with Crippen LogP contribution >= 0.6 is 11.6 Å². The summed E-state index contributed by atoms with van der Waals surface area (Å²) in [4.78, 5) is 22.0. The highest BCUT2D eigenvalue weighted by Gasteiger charge is 2.51. The van der Waals surface area contributed by atoms with Gasteiger partial charge in [-0.05, 0) is 68.0 Å². The number of carbonyl (C=O) groups excluding carboxylic acids is 1. The molecular formula is C37H35ClF7N7O3S. The van der Waals surface area contributed by atoms with Gasteiger partial charge in [0.25, 0.3) is 5.92 Å². The number of anilines is 1. The van der Waals surface area contributed by atoms with Gasteiger partial charge in [-0.3, -0.25) is 14.5 Å². The van der Waals surface area contributed by atoms with E-state index < -0.39 is 88.5 Å². The third-order valence-corrected chi connectivity index (χ3v) is 9.35. The first-order chi connectivity index (χ1) is 25.9. The van der Waals surface area contributed by atoms with E-state index in [1.54, 1.807) is 19.2 Å². The average molecular weight is 826 g/mol. The van der Waals surface area contributed by atoms with Crippen LogP contribution in [0.15, 0.2) is 58.7 Å². The van der Waals surface area contributed by atoms with Gasteiger partial charge in [0.05, 0.1) is 39.0 Å². The first-order valence-electron chi connectivity index (χ1n) is 16.7. The molecule has 19 heteroatoms. The van der Waals surface area contributed by atoms with Crippen molar-refractivity contribution in [2.75, 3.05) is 17.5 Å². The van der Waals surface area contributed by atoms with Gasteiger partial charge < -0.3 is 20.7 Å². The number of benzene rings is 2. The molecule has 10 nitrogen and oxygen atoms in total. The number of aliphatic imine (C=N–C) groups is 1. The van der Waals surface area contributed by atoms with E-state index in [1.807, 2.05) is 0 Å². The summed E-state index contributed by atoms with van der Waals surface area (Å²) in [5.74, 6) is -2.60. The molecule has 0 aliphatic heterocycles. The Hall–Kier alpha value is -4.83. The average Bonchev–Trinajstić information content (AvgIpc) is 3.51. The second-order valence-corrected chi connectivity index (χ2v) is 15.2. The van der Waals surface area contributed by atoms with Crippen LogP contribution in [-0.2, 0) is 29.6 Å². The lowest BCUT2D eigenvalue weighted by Gasteiger charge is -2.22. The van der Waals surface area contributed by atoms with Crippen molar-refractivity contribution in [3.63, 3.8) is 0 Å². The number of hydrogen-bond donors (Lipinski definition) is 4. The van der Waals surface area contributed by atoms with E-state index in [4.69, 9.17) is 17.3 Å². The number of pyridine rings is 1. The molecule has 298 valence electrons. The Morgan fingerprint density at radius 3 is 2.43 bits per heavy atom. The van der Waals surface area contributed by atoms with E-state index in [1.165, 1.54) is 36.9 Å². The minimum Gasteiger partial charge on any atom is -0.593 e. The molecule has 2 aromatic carbocycles. The van der Waals surface area contributed by atoms with Gasteiger partial charge in [-0.15, -0.1) is 0 Å². The van der Waals surface area contributed by atoms with E-state index >= 15 is 8.78 Å². The summed E-state index contributed by atoms with van der Waals surface area (Å²) in [6.07, 6.45) is -5.14. The van der Waals surface area contributed by atoms with Crippen molar-refractivity contribution < 1.29 is 45.2 Å². The lowest BCUT2D eigenvalue weighted by atomic mass is 9.93. The fourth-order valence-corrected chi connectivity index (χ4v) is 7.05. The maximum Gasteiger partial charge on any atom is 0.431 e. The fourth-order valence-electron chi connectivity index (χ4n) is 6.39. The summed E-state index contributed by atoms with van der Waals surface area (Å²) in [5.41, 5.74) is 1.07. The third-order valence-electron chi connectivity index (χ3n) is 8.55. The van der Waals surface area contributed by atoms with E-state index in [-0.39, 0.29) is 34.2 Å². The molecule has 1 aliphatic rings. The van der Waals surface area contributed by atoms with Gasteiger partial charge in [0, 0.05) is 36.2 Å². The van der Waals surface area contributed by atoms with Crippen molar-refractivity contribution in [2.24, 2.45) is 23.7 Å². The number of aryl methyl sites for hydroxylation is 1. The SMILES string of the molecule is C[C@H]1CC(F)(F)C(=NCC(=O)N[C@@H](Cc2cc(F)cc(F)c2)c2nc(C#CC(C)(C)O)ccc2-c2ccc(Cl)c3c(N[S+](C)[O-])nn(C)c23)C1=C(N)C(F)(F)F. The molecule has 1 fully saturated rings. The molecule has 1 amide bonds. The van der Waals surface area contributed by atoms with Crippen LogP contribution in [0.25, 0.3) is 22.0 Å². The summed E-state index contributed by atoms with van der Waals surface area (Å²) in [7, 11) is 1.59. The lowest BCUT2D eigenvalue weighted by Crippen LogP contribution is -2.34. The molecule has 0 saturated heterocycles. The van der Waals surface area contributed by atoms with E-state index in [0.717, 1.165) is 19.1 Å². The van der Waals surface area contributed by atoms with Crippen LogP contribution in [0.3, 0.4) is 0 Å². The number of nitrogens with two attached hydrogens (primary N) is 1. The largest absolute Gasteiger partial charge is 0.593 e. The number of amides is 1. The number of halogens is 8. The number of nitrogens with one attached hydrogen (secondary N) is 2. The van der Waals surface area contributed by atoms with Crippen LogP contribution in [0.4, 0.5) is 36.6 Å². The Balaban J connectivity index is 1.70. The van der Waals surface area contributed by atoms with E-state index in [9.17, 15) is 36.4 Å². The van der Waals surface area contributed by atoms with Crippen molar-refractivity contribution in [3.05, 3.63) is 87.3 Å².